The molecule has 0 aliphatic carbocycles. The highest BCUT2D eigenvalue weighted by molar-refractivity contribution is 6.09. The van der Waals surface area contributed by atoms with E-state index < -0.39 is 5.97 Å². The SMILES string of the molecule is COC(=O)CCC(=O)Nc1ccc(C(=O)c2ccccc2)cc1. The van der Waals surface area contributed by atoms with Crippen molar-refractivity contribution < 1.29 is 19.1 Å². The maximum absolute atomic E-state index is 12.3. The third-order valence-corrected chi connectivity index (χ3v) is 3.25. The first-order valence-corrected chi connectivity index (χ1v) is 7.16. The first kappa shape index (κ1) is 16.4. The van der Waals surface area contributed by atoms with E-state index in [1.807, 2.05) is 18.2 Å². The molecule has 2 aromatic rings. The molecule has 0 aliphatic heterocycles. The highest BCUT2D eigenvalue weighted by Crippen LogP contribution is 2.14. The molecule has 0 aliphatic rings. The second-order valence-corrected chi connectivity index (χ2v) is 4.90. The van der Waals surface area contributed by atoms with Crippen LogP contribution in [0.4, 0.5) is 5.69 Å². The Labute approximate surface area is 134 Å². The summed E-state index contributed by atoms with van der Waals surface area (Å²) >= 11 is 0. The fourth-order valence-corrected chi connectivity index (χ4v) is 2.00. The minimum absolute atomic E-state index is 0.0346. The molecular formula is C18H17NO4. The molecule has 0 saturated heterocycles. The maximum Gasteiger partial charge on any atom is 0.306 e. The van der Waals surface area contributed by atoms with Crippen molar-refractivity contribution in [3.8, 4) is 0 Å². The molecule has 0 bridgehead atoms. The number of carbonyl (C=O) groups is 3. The van der Waals surface area contributed by atoms with Crippen molar-refractivity contribution in [3.05, 3.63) is 65.7 Å². The van der Waals surface area contributed by atoms with Gasteiger partial charge in [0.15, 0.2) is 5.78 Å². The lowest BCUT2D eigenvalue weighted by molar-refractivity contribution is -0.141. The average Bonchev–Trinajstić information content (AvgIpc) is 2.60. The third-order valence-electron chi connectivity index (χ3n) is 3.25. The van der Waals surface area contributed by atoms with E-state index in [0.717, 1.165) is 0 Å². The number of rotatable bonds is 6. The summed E-state index contributed by atoms with van der Waals surface area (Å²) in [6.45, 7) is 0. The van der Waals surface area contributed by atoms with Gasteiger partial charge in [-0.05, 0) is 24.3 Å². The number of ether oxygens (including phenoxy) is 1. The standard InChI is InChI=1S/C18H17NO4/c1-23-17(21)12-11-16(20)19-15-9-7-14(8-10-15)18(22)13-5-3-2-4-6-13/h2-10H,11-12H2,1H3,(H,19,20). The fourth-order valence-electron chi connectivity index (χ4n) is 2.00. The largest absolute Gasteiger partial charge is 0.469 e. The number of methoxy groups -OCH3 is 1. The first-order valence-electron chi connectivity index (χ1n) is 7.16. The summed E-state index contributed by atoms with van der Waals surface area (Å²) in [5, 5.41) is 2.67. The molecule has 0 fully saturated rings. The van der Waals surface area contributed by atoms with Crippen LogP contribution in [-0.2, 0) is 14.3 Å². The van der Waals surface area contributed by atoms with Crippen LogP contribution in [0.1, 0.15) is 28.8 Å². The van der Waals surface area contributed by atoms with Gasteiger partial charge in [0.2, 0.25) is 5.91 Å². The lowest BCUT2D eigenvalue weighted by atomic mass is 10.0. The minimum Gasteiger partial charge on any atom is -0.469 e. The Balaban J connectivity index is 1.96. The summed E-state index contributed by atoms with van der Waals surface area (Å²) in [5.41, 5.74) is 1.73. The number of amides is 1. The zero-order valence-electron chi connectivity index (χ0n) is 12.7. The molecule has 2 rings (SSSR count). The van der Waals surface area contributed by atoms with Crippen molar-refractivity contribution in [1.29, 1.82) is 0 Å². The van der Waals surface area contributed by atoms with Crippen molar-refractivity contribution in [2.24, 2.45) is 0 Å². The van der Waals surface area contributed by atoms with Gasteiger partial charge in [-0.1, -0.05) is 30.3 Å². The molecule has 2 aromatic carbocycles. The number of hydrogen-bond donors (Lipinski definition) is 1. The molecule has 1 amide bonds. The molecule has 118 valence electrons. The van der Waals surface area contributed by atoms with Gasteiger partial charge in [0.1, 0.15) is 0 Å². The van der Waals surface area contributed by atoms with Crippen LogP contribution < -0.4 is 5.32 Å². The Morgan fingerprint density at radius 2 is 1.48 bits per heavy atom. The Kier molecular flexibility index (Phi) is 5.63. The van der Waals surface area contributed by atoms with Crippen LogP contribution in [0.5, 0.6) is 0 Å². The van der Waals surface area contributed by atoms with Gasteiger partial charge < -0.3 is 10.1 Å². The van der Waals surface area contributed by atoms with E-state index >= 15 is 0 Å². The number of carbonyl (C=O) groups excluding carboxylic acids is 3. The Morgan fingerprint density at radius 1 is 0.870 bits per heavy atom. The van der Waals surface area contributed by atoms with Gasteiger partial charge in [0, 0.05) is 23.2 Å². The van der Waals surface area contributed by atoms with Crippen LogP contribution in [0.3, 0.4) is 0 Å². The monoisotopic (exact) mass is 311 g/mol. The predicted octanol–water partition coefficient (Wildman–Crippen LogP) is 2.81. The normalized spacial score (nSPS) is 9.96. The molecule has 0 unspecified atom stereocenters. The van der Waals surface area contributed by atoms with Gasteiger partial charge in [-0.15, -0.1) is 0 Å². The molecule has 1 N–H and O–H groups in total. The van der Waals surface area contributed by atoms with E-state index in [0.29, 0.717) is 16.8 Å². The van der Waals surface area contributed by atoms with Crippen LogP contribution in [0.25, 0.3) is 0 Å². The molecule has 0 radical (unpaired) electrons. The van der Waals surface area contributed by atoms with Crippen molar-refractivity contribution in [2.75, 3.05) is 12.4 Å². The number of nitrogens with one attached hydrogen (secondary N) is 1. The van der Waals surface area contributed by atoms with Crippen molar-refractivity contribution in [3.63, 3.8) is 0 Å². The quantitative estimate of drug-likeness (QED) is 0.657. The lowest BCUT2D eigenvalue weighted by Gasteiger charge is -2.06. The molecule has 0 heterocycles. The van der Waals surface area contributed by atoms with Gasteiger partial charge in [-0.25, -0.2) is 0 Å². The van der Waals surface area contributed by atoms with E-state index in [4.69, 9.17) is 0 Å². The number of benzene rings is 2. The molecule has 0 aromatic heterocycles. The molecule has 5 nitrogen and oxygen atoms in total. The van der Waals surface area contributed by atoms with Crippen LogP contribution in [0.15, 0.2) is 54.6 Å². The Morgan fingerprint density at radius 3 is 2.09 bits per heavy atom. The first-order chi connectivity index (χ1) is 11.1. The second kappa shape index (κ2) is 7.89. The zero-order valence-corrected chi connectivity index (χ0v) is 12.7. The van der Waals surface area contributed by atoms with Crippen LogP contribution in [-0.4, -0.2) is 24.8 Å². The third kappa shape index (κ3) is 4.78. The Bertz CT molecular complexity index is 693. The molecule has 23 heavy (non-hydrogen) atoms. The molecule has 0 spiro atoms. The highest BCUT2D eigenvalue weighted by atomic mass is 16.5. The average molecular weight is 311 g/mol. The number of anilines is 1. The van der Waals surface area contributed by atoms with E-state index in [-0.39, 0.29) is 24.5 Å². The fraction of sp³-hybridized carbons (Fsp3) is 0.167. The van der Waals surface area contributed by atoms with Crippen molar-refractivity contribution in [2.45, 2.75) is 12.8 Å². The van der Waals surface area contributed by atoms with E-state index in [2.05, 4.69) is 10.1 Å². The van der Waals surface area contributed by atoms with E-state index in [9.17, 15) is 14.4 Å². The van der Waals surface area contributed by atoms with Gasteiger partial charge in [0.05, 0.1) is 13.5 Å². The second-order valence-electron chi connectivity index (χ2n) is 4.90. The van der Waals surface area contributed by atoms with Gasteiger partial charge >= 0.3 is 5.97 Å². The summed E-state index contributed by atoms with van der Waals surface area (Å²) in [4.78, 5) is 34.9. The van der Waals surface area contributed by atoms with Gasteiger partial charge in [-0.2, -0.15) is 0 Å². The summed E-state index contributed by atoms with van der Waals surface area (Å²) in [5.74, 6) is -0.782. The van der Waals surface area contributed by atoms with Crippen molar-refractivity contribution in [1.82, 2.24) is 0 Å². The summed E-state index contributed by atoms with van der Waals surface area (Å²) in [6, 6.07) is 15.6. The number of hydrogen-bond acceptors (Lipinski definition) is 4. The van der Waals surface area contributed by atoms with E-state index in [1.165, 1.54) is 7.11 Å². The zero-order chi connectivity index (χ0) is 16.7. The summed E-state index contributed by atoms with van der Waals surface area (Å²) in [7, 11) is 1.28. The molecular weight excluding hydrogens is 294 g/mol. The van der Waals surface area contributed by atoms with E-state index in [1.54, 1.807) is 36.4 Å². The summed E-state index contributed by atoms with van der Waals surface area (Å²) in [6.07, 6.45) is 0.0876. The smallest absolute Gasteiger partial charge is 0.306 e. The Hall–Kier alpha value is -2.95. The highest BCUT2D eigenvalue weighted by Gasteiger charge is 2.10. The van der Waals surface area contributed by atoms with Crippen LogP contribution in [0, 0.1) is 0 Å². The molecule has 5 heteroatoms. The maximum atomic E-state index is 12.3. The number of esters is 1. The predicted molar refractivity (Wildman–Crippen MR) is 86.2 cm³/mol. The lowest BCUT2D eigenvalue weighted by Crippen LogP contribution is -2.14. The molecule has 0 atom stereocenters. The van der Waals surface area contributed by atoms with Crippen LogP contribution >= 0.6 is 0 Å². The summed E-state index contributed by atoms with van der Waals surface area (Å²) < 4.78 is 4.48. The topological polar surface area (TPSA) is 72.5 Å². The van der Waals surface area contributed by atoms with Crippen molar-refractivity contribution >= 4 is 23.3 Å². The van der Waals surface area contributed by atoms with Crippen LogP contribution in [0.2, 0.25) is 0 Å². The minimum atomic E-state index is -0.427. The van der Waals surface area contributed by atoms with Gasteiger partial charge in [0.25, 0.3) is 0 Å². The van der Waals surface area contributed by atoms with Gasteiger partial charge in [-0.3, -0.25) is 14.4 Å². The molecule has 0 saturated carbocycles. The number of ketones is 1.